The maximum atomic E-state index is 13.6. The lowest BCUT2D eigenvalue weighted by atomic mass is 10.0. The van der Waals surface area contributed by atoms with Crippen LogP contribution < -0.4 is 10.6 Å². The predicted octanol–water partition coefficient (Wildman–Crippen LogP) is 3.84. The minimum absolute atomic E-state index is 0.101. The van der Waals surface area contributed by atoms with Gasteiger partial charge in [-0.25, -0.2) is 13.8 Å². The van der Waals surface area contributed by atoms with Crippen LogP contribution in [0.25, 0.3) is 10.9 Å². The number of nitriles is 1. The second-order valence-electron chi connectivity index (χ2n) is 6.35. The minimum atomic E-state index is -0.917. The first-order chi connectivity index (χ1) is 13.4. The molecule has 0 atom stereocenters. The molecule has 3 aromatic rings. The van der Waals surface area contributed by atoms with Gasteiger partial charge in [0.1, 0.15) is 29.1 Å². The lowest BCUT2D eigenvalue weighted by Crippen LogP contribution is -2.30. The van der Waals surface area contributed by atoms with E-state index >= 15 is 0 Å². The Morgan fingerprint density at radius 2 is 1.86 bits per heavy atom. The second-order valence-corrected chi connectivity index (χ2v) is 6.35. The molecule has 1 heterocycles. The Labute approximate surface area is 161 Å². The number of aromatic nitrogens is 1. The van der Waals surface area contributed by atoms with Crippen LogP contribution >= 0.6 is 0 Å². The van der Waals surface area contributed by atoms with Crippen LogP contribution in [-0.2, 0) is 0 Å². The van der Waals surface area contributed by atoms with Crippen LogP contribution in [0, 0.1) is 36.8 Å². The van der Waals surface area contributed by atoms with Crippen molar-refractivity contribution in [2.24, 2.45) is 0 Å². The van der Waals surface area contributed by atoms with E-state index in [1.807, 2.05) is 26.0 Å². The van der Waals surface area contributed by atoms with Crippen molar-refractivity contribution in [2.75, 3.05) is 18.4 Å². The van der Waals surface area contributed by atoms with Gasteiger partial charge in [0.15, 0.2) is 0 Å². The number of aryl methyl sites for hydroxylation is 2. The van der Waals surface area contributed by atoms with E-state index in [0.29, 0.717) is 11.4 Å². The summed E-state index contributed by atoms with van der Waals surface area (Å²) in [6, 6.07) is 11.0. The minimum Gasteiger partial charge on any atom is -0.367 e. The van der Waals surface area contributed by atoms with Crippen LogP contribution in [0.15, 0.2) is 36.4 Å². The molecule has 2 aromatic carbocycles. The fraction of sp³-hybridized carbons (Fsp3) is 0.190. The van der Waals surface area contributed by atoms with Crippen LogP contribution in [0.2, 0.25) is 0 Å². The van der Waals surface area contributed by atoms with E-state index in [9.17, 15) is 18.8 Å². The number of nitrogens with zero attached hydrogens (tertiary/aromatic N) is 2. The molecule has 7 heteroatoms. The molecule has 2 N–H and O–H groups in total. The van der Waals surface area contributed by atoms with Gasteiger partial charge in [0.05, 0.1) is 11.1 Å². The second kappa shape index (κ2) is 8.01. The van der Waals surface area contributed by atoms with E-state index < -0.39 is 23.1 Å². The molecule has 0 radical (unpaired) electrons. The summed E-state index contributed by atoms with van der Waals surface area (Å²) >= 11 is 0. The maximum absolute atomic E-state index is 13.6. The van der Waals surface area contributed by atoms with Crippen LogP contribution in [0.4, 0.5) is 14.6 Å². The van der Waals surface area contributed by atoms with E-state index in [-0.39, 0.29) is 13.1 Å². The fourth-order valence-electron chi connectivity index (χ4n) is 2.86. The van der Waals surface area contributed by atoms with Gasteiger partial charge in [0.2, 0.25) is 0 Å². The Balaban J connectivity index is 1.71. The van der Waals surface area contributed by atoms with Crippen molar-refractivity contribution < 1.29 is 13.6 Å². The molecule has 0 spiro atoms. The number of nitrogens with one attached hydrogen (secondary N) is 2. The number of halogens is 2. The average molecular weight is 380 g/mol. The summed E-state index contributed by atoms with van der Waals surface area (Å²) in [6.07, 6.45) is 0. The summed E-state index contributed by atoms with van der Waals surface area (Å²) in [5.74, 6) is -2.27. The zero-order chi connectivity index (χ0) is 20.3. The normalized spacial score (nSPS) is 10.5. The van der Waals surface area contributed by atoms with Gasteiger partial charge in [-0.1, -0.05) is 18.2 Å². The quantitative estimate of drug-likeness (QED) is 0.659. The van der Waals surface area contributed by atoms with Crippen molar-refractivity contribution in [3.05, 3.63) is 70.3 Å². The van der Waals surface area contributed by atoms with Gasteiger partial charge in [-0.2, -0.15) is 5.26 Å². The van der Waals surface area contributed by atoms with Gasteiger partial charge in [-0.3, -0.25) is 4.79 Å². The summed E-state index contributed by atoms with van der Waals surface area (Å²) in [7, 11) is 0. The predicted molar refractivity (Wildman–Crippen MR) is 103 cm³/mol. The number of rotatable bonds is 5. The number of hydrogen-bond acceptors (Lipinski definition) is 4. The highest BCUT2D eigenvalue weighted by atomic mass is 19.1. The first kappa shape index (κ1) is 19.2. The van der Waals surface area contributed by atoms with Gasteiger partial charge in [0, 0.05) is 18.5 Å². The first-order valence-electron chi connectivity index (χ1n) is 8.69. The molecule has 0 aliphatic heterocycles. The number of amides is 1. The molecule has 3 rings (SSSR count). The molecule has 0 aliphatic rings. The summed E-state index contributed by atoms with van der Waals surface area (Å²) in [4.78, 5) is 16.5. The Bertz CT molecular complexity index is 1090. The van der Waals surface area contributed by atoms with E-state index in [0.717, 1.165) is 34.2 Å². The molecular weight excluding hydrogens is 362 g/mol. The fourth-order valence-corrected chi connectivity index (χ4v) is 2.86. The lowest BCUT2D eigenvalue weighted by molar-refractivity contribution is 0.0946. The lowest BCUT2D eigenvalue weighted by Gasteiger charge is -2.12. The highest BCUT2D eigenvalue weighted by Gasteiger charge is 2.16. The summed E-state index contributed by atoms with van der Waals surface area (Å²) in [5.41, 5.74) is 2.67. The van der Waals surface area contributed by atoms with Gasteiger partial charge >= 0.3 is 0 Å². The number of carbonyl (C=O) groups is 1. The van der Waals surface area contributed by atoms with Crippen molar-refractivity contribution in [2.45, 2.75) is 13.8 Å². The van der Waals surface area contributed by atoms with E-state index in [1.165, 1.54) is 6.07 Å². The maximum Gasteiger partial charge on any atom is 0.257 e. The van der Waals surface area contributed by atoms with Crippen molar-refractivity contribution in [3.8, 4) is 6.07 Å². The zero-order valence-corrected chi connectivity index (χ0v) is 15.4. The monoisotopic (exact) mass is 380 g/mol. The Morgan fingerprint density at radius 3 is 2.54 bits per heavy atom. The number of hydrogen-bond donors (Lipinski definition) is 2. The van der Waals surface area contributed by atoms with E-state index in [4.69, 9.17) is 0 Å². The third-order valence-electron chi connectivity index (χ3n) is 4.52. The van der Waals surface area contributed by atoms with Crippen LogP contribution in [0.1, 0.15) is 27.0 Å². The molecule has 0 unspecified atom stereocenters. The first-order valence-corrected chi connectivity index (χ1v) is 8.69. The van der Waals surface area contributed by atoms with Crippen molar-refractivity contribution in [1.82, 2.24) is 10.3 Å². The molecular formula is C21H18F2N4O. The molecule has 0 bridgehead atoms. The highest BCUT2D eigenvalue weighted by molar-refractivity contribution is 5.94. The molecule has 1 aromatic heterocycles. The number of pyridine rings is 1. The van der Waals surface area contributed by atoms with Crippen LogP contribution in [-0.4, -0.2) is 24.0 Å². The zero-order valence-electron chi connectivity index (χ0n) is 15.4. The molecule has 28 heavy (non-hydrogen) atoms. The number of carbonyl (C=O) groups excluding carboxylic acids is 1. The number of fused-ring (bicyclic) bond motifs is 1. The van der Waals surface area contributed by atoms with Gasteiger partial charge in [-0.15, -0.1) is 0 Å². The molecule has 0 saturated carbocycles. The molecule has 0 saturated heterocycles. The van der Waals surface area contributed by atoms with Gasteiger partial charge in [-0.05, 0) is 43.2 Å². The Hall–Kier alpha value is -3.53. The SMILES string of the molecule is Cc1ccc2cc(C#N)c(NCCNC(=O)c3c(F)cccc3F)nc2c1C. The topological polar surface area (TPSA) is 77.8 Å². The number of benzene rings is 2. The van der Waals surface area contributed by atoms with Gasteiger partial charge < -0.3 is 10.6 Å². The largest absolute Gasteiger partial charge is 0.367 e. The van der Waals surface area contributed by atoms with Crippen LogP contribution in [0.5, 0.6) is 0 Å². The molecule has 0 aliphatic carbocycles. The third-order valence-corrected chi connectivity index (χ3v) is 4.52. The average Bonchev–Trinajstić information content (AvgIpc) is 2.67. The van der Waals surface area contributed by atoms with Crippen molar-refractivity contribution >= 4 is 22.6 Å². The Morgan fingerprint density at radius 1 is 1.14 bits per heavy atom. The standard InChI is InChI=1S/C21H18F2N4O/c1-12-6-7-14-10-15(11-24)20(27-19(14)13(12)2)25-8-9-26-21(28)18-16(22)4-3-5-17(18)23/h3-7,10H,8-9H2,1-2H3,(H,25,27)(H,26,28). The Kier molecular flexibility index (Phi) is 5.50. The van der Waals surface area contributed by atoms with Crippen molar-refractivity contribution in [1.29, 1.82) is 5.26 Å². The van der Waals surface area contributed by atoms with E-state index in [1.54, 1.807) is 6.07 Å². The van der Waals surface area contributed by atoms with Crippen LogP contribution in [0.3, 0.4) is 0 Å². The van der Waals surface area contributed by atoms with E-state index in [2.05, 4.69) is 21.7 Å². The smallest absolute Gasteiger partial charge is 0.257 e. The summed E-state index contributed by atoms with van der Waals surface area (Å²) in [6.45, 7) is 4.28. The molecule has 0 fully saturated rings. The summed E-state index contributed by atoms with van der Waals surface area (Å²) in [5, 5.41) is 15.7. The van der Waals surface area contributed by atoms with Crippen molar-refractivity contribution in [3.63, 3.8) is 0 Å². The molecule has 5 nitrogen and oxygen atoms in total. The highest BCUT2D eigenvalue weighted by Crippen LogP contribution is 2.24. The molecule has 1 amide bonds. The summed E-state index contributed by atoms with van der Waals surface area (Å²) < 4.78 is 27.3. The molecule has 142 valence electrons. The van der Waals surface area contributed by atoms with Gasteiger partial charge in [0.25, 0.3) is 5.91 Å². The third kappa shape index (κ3) is 3.76. The number of anilines is 1.